The SMILES string of the molecule is c1ccc(-c2cc(-c3ccccc3)cc(-n3c4ccccc4c4ccc(-c5nnc(-c6cccc7c6c6ccccc6n7-c6cc(-c7ccccc7)cc(-c7ccccc7)c6)s5)cc43)c2)cc1. The van der Waals surface area contributed by atoms with Crippen molar-refractivity contribution in [3.63, 3.8) is 0 Å². The van der Waals surface area contributed by atoms with Crippen LogP contribution < -0.4 is 0 Å². The van der Waals surface area contributed by atoms with Gasteiger partial charge in [-0.2, -0.15) is 0 Å². The van der Waals surface area contributed by atoms with Crippen LogP contribution in [0.4, 0.5) is 0 Å². The van der Waals surface area contributed by atoms with Crippen molar-refractivity contribution < 1.29 is 0 Å². The summed E-state index contributed by atoms with van der Waals surface area (Å²) >= 11 is 1.64. The van der Waals surface area contributed by atoms with Crippen LogP contribution in [0.25, 0.3) is 121 Å². The summed E-state index contributed by atoms with van der Waals surface area (Å²) in [4.78, 5) is 0. The smallest absolute Gasteiger partial charge is 0.148 e. The van der Waals surface area contributed by atoms with Gasteiger partial charge in [-0.15, -0.1) is 10.2 Å². The molecule has 0 spiro atoms. The fourth-order valence-corrected chi connectivity index (χ4v) is 10.8. The standard InChI is InChI=1S/C62H40N4S/c1-5-18-41(19-6-1)46-34-47(42-20-7-2-8-21-42)37-50(36-46)65-57-30-16-14-27-54(57)60-55(28-17-31-58(60)65)62-64-63-61(67-62)45-32-33-53-52-26-13-15-29-56(52)66(59(53)40-45)51-38-48(43-22-9-3-10-23-43)35-49(39-51)44-24-11-4-12-25-44/h1-40H. The third kappa shape index (κ3) is 6.75. The molecule has 4 nitrogen and oxygen atoms in total. The van der Waals surface area contributed by atoms with E-state index in [2.05, 4.69) is 252 Å². The zero-order valence-electron chi connectivity index (χ0n) is 36.3. The van der Waals surface area contributed by atoms with Gasteiger partial charge in [0.2, 0.25) is 0 Å². The van der Waals surface area contributed by atoms with Crippen LogP contribution in [0.1, 0.15) is 0 Å². The van der Waals surface area contributed by atoms with E-state index >= 15 is 0 Å². The first kappa shape index (κ1) is 38.8. The molecule has 0 N–H and O–H groups in total. The highest BCUT2D eigenvalue weighted by Crippen LogP contribution is 2.43. The molecule has 0 saturated heterocycles. The highest BCUT2D eigenvalue weighted by molar-refractivity contribution is 7.18. The topological polar surface area (TPSA) is 35.6 Å². The van der Waals surface area contributed by atoms with Gasteiger partial charge in [-0.05, 0) is 105 Å². The molecule has 3 heterocycles. The highest BCUT2D eigenvalue weighted by atomic mass is 32.1. The molecule has 0 fully saturated rings. The number of hydrogen-bond acceptors (Lipinski definition) is 3. The maximum Gasteiger partial charge on any atom is 0.148 e. The average Bonchev–Trinajstić information content (AvgIpc) is 4.13. The lowest BCUT2D eigenvalue weighted by Crippen LogP contribution is -1.96. The predicted molar refractivity (Wildman–Crippen MR) is 281 cm³/mol. The van der Waals surface area contributed by atoms with Crippen LogP contribution in [-0.2, 0) is 0 Å². The van der Waals surface area contributed by atoms with Gasteiger partial charge in [0.1, 0.15) is 10.0 Å². The van der Waals surface area contributed by atoms with Crippen molar-refractivity contribution in [3.05, 3.63) is 243 Å². The van der Waals surface area contributed by atoms with Gasteiger partial charge in [0.15, 0.2) is 0 Å². The molecule has 13 rings (SSSR count). The van der Waals surface area contributed by atoms with E-state index in [0.29, 0.717) is 0 Å². The Morgan fingerprint density at radius 1 is 0.269 bits per heavy atom. The van der Waals surface area contributed by atoms with Crippen molar-refractivity contribution in [2.24, 2.45) is 0 Å². The summed E-state index contributed by atoms with van der Waals surface area (Å²) in [6.45, 7) is 0. The molecule has 13 aromatic rings. The van der Waals surface area contributed by atoms with Gasteiger partial charge < -0.3 is 9.13 Å². The van der Waals surface area contributed by atoms with Crippen LogP contribution in [0.5, 0.6) is 0 Å². The van der Waals surface area contributed by atoms with Gasteiger partial charge >= 0.3 is 0 Å². The largest absolute Gasteiger partial charge is 0.309 e. The van der Waals surface area contributed by atoms with Crippen LogP contribution in [0.2, 0.25) is 0 Å². The Kier molecular flexibility index (Phi) is 9.32. The zero-order valence-corrected chi connectivity index (χ0v) is 37.1. The van der Waals surface area contributed by atoms with Crippen LogP contribution >= 0.6 is 11.3 Å². The third-order valence-corrected chi connectivity index (χ3v) is 14.1. The Labute approximate surface area is 392 Å². The van der Waals surface area contributed by atoms with Crippen molar-refractivity contribution >= 4 is 54.9 Å². The van der Waals surface area contributed by atoms with Crippen molar-refractivity contribution in [3.8, 4) is 77.0 Å². The first-order valence-corrected chi connectivity index (χ1v) is 23.5. The number of fused-ring (bicyclic) bond motifs is 6. The number of rotatable bonds is 8. The molecule has 314 valence electrons. The first-order valence-electron chi connectivity index (χ1n) is 22.6. The molecule has 0 bridgehead atoms. The Bertz CT molecular complexity index is 3850. The molecular formula is C62H40N4S. The van der Waals surface area contributed by atoms with E-state index in [0.717, 1.165) is 60.0 Å². The number of benzene rings is 10. The molecule has 0 amide bonds. The quantitative estimate of drug-likeness (QED) is 0.152. The Balaban J connectivity index is 0.961. The van der Waals surface area contributed by atoms with Crippen LogP contribution in [0.3, 0.4) is 0 Å². The average molecular weight is 873 g/mol. The second-order valence-corrected chi connectivity index (χ2v) is 18.0. The summed E-state index contributed by atoms with van der Waals surface area (Å²) in [6, 6.07) is 87.4. The minimum absolute atomic E-state index is 0.875. The number of para-hydroxylation sites is 2. The fourth-order valence-electron chi connectivity index (χ4n) is 9.98. The van der Waals surface area contributed by atoms with Crippen LogP contribution in [-0.4, -0.2) is 19.3 Å². The van der Waals surface area contributed by atoms with Gasteiger partial charge in [-0.25, -0.2) is 0 Å². The molecule has 0 atom stereocenters. The summed E-state index contributed by atoms with van der Waals surface area (Å²) in [5.74, 6) is 0. The summed E-state index contributed by atoms with van der Waals surface area (Å²) in [7, 11) is 0. The summed E-state index contributed by atoms with van der Waals surface area (Å²) in [6.07, 6.45) is 0. The molecule has 0 unspecified atom stereocenters. The second kappa shape index (κ2) is 16.1. The van der Waals surface area contributed by atoms with E-state index in [1.165, 1.54) is 60.7 Å². The minimum Gasteiger partial charge on any atom is -0.309 e. The van der Waals surface area contributed by atoms with E-state index < -0.39 is 0 Å². The molecule has 0 aliphatic rings. The fraction of sp³-hybridized carbons (Fsp3) is 0. The van der Waals surface area contributed by atoms with Crippen molar-refractivity contribution in [1.82, 2.24) is 19.3 Å². The number of nitrogens with zero attached hydrogens (tertiary/aromatic N) is 4. The third-order valence-electron chi connectivity index (χ3n) is 13.1. The van der Waals surface area contributed by atoms with E-state index in [1.807, 2.05) is 0 Å². The van der Waals surface area contributed by atoms with E-state index in [4.69, 9.17) is 10.2 Å². The lowest BCUT2D eigenvalue weighted by molar-refractivity contribution is 1.10. The Hall–Kier alpha value is -8.64. The maximum absolute atomic E-state index is 4.96. The first-order chi connectivity index (χ1) is 33.2. The van der Waals surface area contributed by atoms with Gasteiger partial charge in [0.25, 0.3) is 0 Å². The summed E-state index contributed by atoms with van der Waals surface area (Å²) in [5.41, 5.74) is 18.3. The van der Waals surface area contributed by atoms with Crippen LogP contribution in [0.15, 0.2) is 243 Å². The summed E-state index contributed by atoms with van der Waals surface area (Å²) in [5, 5.41) is 16.4. The molecule has 0 radical (unpaired) electrons. The van der Waals surface area contributed by atoms with Crippen molar-refractivity contribution in [1.29, 1.82) is 0 Å². The number of hydrogen-bond donors (Lipinski definition) is 0. The highest BCUT2D eigenvalue weighted by Gasteiger charge is 2.21. The molecule has 67 heavy (non-hydrogen) atoms. The minimum atomic E-state index is 0.875. The van der Waals surface area contributed by atoms with Gasteiger partial charge in [0.05, 0.1) is 22.1 Å². The molecule has 10 aromatic carbocycles. The predicted octanol–water partition coefficient (Wildman–Crippen LogP) is 16.7. The maximum atomic E-state index is 4.96. The zero-order chi connectivity index (χ0) is 44.3. The van der Waals surface area contributed by atoms with Gasteiger partial charge in [0, 0.05) is 44.0 Å². The Morgan fingerprint density at radius 2 is 0.687 bits per heavy atom. The number of aromatic nitrogens is 4. The molecule has 3 aromatic heterocycles. The normalized spacial score (nSPS) is 11.6. The Morgan fingerprint density at radius 3 is 1.22 bits per heavy atom. The second-order valence-electron chi connectivity index (χ2n) is 17.1. The van der Waals surface area contributed by atoms with E-state index in [9.17, 15) is 0 Å². The van der Waals surface area contributed by atoms with E-state index in [-0.39, 0.29) is 0 Å². The monoisotopic (exact) mass is 872 g/mol. The molecule has 0 saturated carbocycles. The lowest BCUT2D eigenvalue weighted by Gasteiger charge is -2.14. The van der Waals surface area contributed by atoms with Crippen LogP contribution in [0, 0.1) is 0 Å². The molecule has 0 aliphatic heterocycles. The molecule has 5 heteroatoms. The van der Waals surface area contributed by atoms with Crippen molar-refractivity contribution in [2.75, 3.05) is 0 Å². The summed E-state index contributed by atoms with van der Waals surface area (Å²) < 4.78 is 4.83. The van der Waals surface area contributed by atoms with Gasteiger partial charge in [-0.1, -0.05) is 193 Å². The lowest BCUT2D eigenvalue weighted by atomic mass is 9.98. The molecular weight excluding hydrogens is 833 g/mol. The van der Waals surface area contributed by atoms with Crippen molar-refractivity contribution in [2.45, 2.75) is 0 Å². The van der Waals surface area contributed by atoms with E-state index in [1.54, 1.807) is 11.3 Å². The van der Waals surface area contributed by atoms with Gasteiger partial charge in [-0.3, -0.25) is 0 Å². The molecule has 0 aliphatic carbocycles.